The van der Waals surface area contributed by atoms with E-state index in [2.05, 4.69) is 41.7 Å². The third kappa shape index (κ3) is 1.04. The lowest BCUT2D eigenvalue weighted by atomic mass is 9.65. The standard InChI is InChI=1S/C12H13N/c1-2-4-10(5-3-1)11-6-12(7-11)8-13-9-12/h1-6,13H,7-9H2. The molecule has 1 spiro atoms. The Hall–Kier alpha value is -1.08. The van der Waals surface area contributed by atoms with Crippen molar-refractivity contribution in [2.24, 2.45) is 5.41 Å². The van der Waals surface area contributed by atoms with E-state index < -0.39 is 0 Å². The van der Waals surface area contributed by atoms with Gasteiger partial charge in [-0.15, -0.1) is 0 Å². The average Bonchev–Trinajstić information content (AvgIpc) is 2.01. The Balaban J connectivity index is 1.86. The summed E-state index contributed by atoms with van der Waals surface area (Å²) in [7, 11) is 0. The van der Waals surface area contributed by atoms with Crippen molar-refractivity contribution in [3.8, 4) is 0 Å². The van der Waals surface area contributed by atoms with Crippen molar-refractivity contribution in [3.05, 3.63) is 42.0 Å². The highest BCUT2D eigenvalue weighted by Crippen LogP contribution is 2.46. The molecular weight excluding hydrogens is 158 g/mol. The summed E-state index contributed by atoms with van der Waals surface area (Å²) in [5.74, 6) is 0. The van der Waals surface area contributed by atoms with Gasteiger partial charge < -0.3 is 5.32 Å². The summed E-state index contributed by atoms with van der Waals surface area (Å²) < 4.78 is 0. The minimum absolute atomic E-state index is 0.547. The van der Waals surface area contributed by atoms with Crippen LogP contribution >= 0.6 is 0 Å². The van der Waals surface area contributed by atoms with Crippen LogP contribution in [0.1, 0.15) is 12.0 Å². The van der Waals surface area contributed by atoms with Crippen molar-refractivity contribution in [2.45, 2.75) is 6.42 Å². The van der Waals surface area contributed by atoms with Gasteiger partial charge in [-0.05, 0) is 17.6 Å². The van der Waals surface area contributed by atoms with Crippen LogP contribution in [0.25, 0.3) is 5.57 Å². The second kappa shape index (κ2) is 2.46. The van der Waals surface area contributed by atoms with E-state index in [1.54, 1.807) is 0 Å². The van der Waals surface area contributed by atoms with E-state index in [4.69, 9.17) is 0 Å². The van der Waals surface area contributed by atoms with Crippen molar-refractivity contribution in [3.63, 3.8) is 0 Å². The Morgan fingerprint density at radius 3 is 2.31 bits per heavy atom. The molecule has 2 aliphatic rings. The normalized spacial score (nSPS) is 23.2. The fourth-order valence-electron chi connectivity index (χ4n) is 2.23. The van der Waals surface area contributed by atoms with E-state index in [9.17, 15) is 0 Å². The molecule has 1 aliphatic carbocycles. The highest BCUT2D eigenvalue weighted by molar-refractivity contribution is 5.73. The van der Waals surface area contributed by atoms with E-state index in [0.717, 1.165) is 0 Å². The summed E-state index contributed by atoms with van der Waals surface area (Å²) in [4.78, 5) is 0. The van der Waals surface area contributed by atoms with Crippen molar-refractivity contribution < 1.29 is 0 Å². The highest BCUT2D eigenvalue weighted by Gasteiger charge is 2.41. The molecule has 1 N–H and O–H groups in total. The minimum Gasteiger partial charge on any atom is -0.315 e. The predicted octanol–water partition coefficient (Wildman–Crippen LogP) is 2.06. The fourth-order valence-corrected chi connectivity index (χ4v) is 2.23. The highest BCUT2D eigenvalue weighted by atomic mass is 15.0. The molecule has 66 valence electrons. The Labute approximate surface area is 78.5 Å². The van der Waals surface area contributed by atoms with Crippen LogP contribution in [0.5, 0.6) is 0 Å². The number of allylic oxidation sites excluding steroid dienone is 1. The lowest BCUT2D eigenvalue weighted by Gasteiger charge is -2.47. The van der Waals surface area contributed by atoms with Crippen LogP contribution in [0.4, 0.5) is 0 Å². The molecule has 0 bridgehead atoms. The van der Waals surface area contributed by atoms with E-state index in [0.29, 0.717) is 5.41 Å². The van der Waals surface area contributed by atoms with Crippen LogP contribution in [-0.2, 0) is 0 Å². The van der Waals surface area contributed by atoms with Gasteiger partial charge in [0.1, 0.15) is 0 Å². The van der Waals surface area contributed by atoms with Crippen molar-refractivity contribution in [2.75, 3.05) is 13.1 Å². The van der Waals surface area contributed by atoms with Crippen LogP contribution in [0.2, 0.25) is 0 Å². The molecule has 1 saturated heterocycles. The zero-order chi connectivity index (χ0) is 8.73. The second-order valence-corrected chi connectivity index (χ2v) is 4.18. The molecule has 1 nitrogen and oxygen atoms in total. The van der Waals surface area contributed by atoms with Crippen LogP contribution < -0.4 is 5.32 Å². The van der Waals surface area contributed by atoms with Gasteiger partial charge in [0.15, 0.2) is 0 Å². The van der Waals surface area contributed by atoms with E-state index in [-0.39, 0.29) is 0 Å². The summed E-state index contributed by atoms with van der Waals surface area (Å²) in [5.41, 5.74) is 3.48. The molecule has 0 atom stereocenters. The zero-order valence-corrected chi connectivity index (χ0v) is 7.59. The molecule has 3 rings (SSSR count). The first-order valence-electron chi connectivity index (χ1n) is 4.86. The molecule has 0 amide bonds. The lowest BCUT2D eigenvalue weighted by Crippen LogP contribution is -2.55. The fraction of sp³-hybridized carbons (Fsp3) is 0.333. The summed E-state index contributed by atoms with van der Waals surface area (Å²) in [6.45, 7) is 2.37. The van der Waals surface area contributed by atoms with E-state index in [1.165, 1.54) is 30.6 Å². The maximum atomic E-state index is 3.33. The molecule has 0 unspecified atom stereocenters. The zero-order valence-electron chi connectivity index (χ0n) is 7.59. The Morgan fingerprint density at radius 1 is 1.08 bits per heavy atom. The minimum atomic E-state index is 0.547. The second-order valence-electron chi connectivity index (χ2n) is 4.18. The average molecular weight is 171 g/mol. The molecule has 1 heteroatoms. The van der Waals surface area contributed by atoms with Gasteiger partial charge in [0.05, 0.1) is 0 Å². The van der Waals surface area contributed by atoms with Crippen molar-refractivity contribution >= 4 is 5.57 Å². The van der Waals surface area contributed by atoms with E-state index in [1.807, 2.05) is 0 Å². The number of nitrogens with one attached hydrogen (secondary N) is 1. The molecule has 1 aromatic carbocycles. The van der Waals surface area contributed by atoms with Crippen LogP contribution in [0, 0.1) is 5.41 Å². The van der Waals surface area contributed by atoms with Crippen molar-refractivity contribution in [1.82, 2.24) is 5.32 Å². The lowest BCUT2D eigenvalue weighted by molar-refractivity contribution is 0.225. The molecule has 1 heterocycles. The summed E-state index contributed by atoms with van der Waals surface area (Å²) >= 11 is 0. The molecule has 13 heavy (non-hydrogen) atoms. The third-order valence-electron chi connectivity index (χ3n) is 3.12. The molecule has 0 radical (unpaired) electrons. The van der Waals surface area contributed by atoms with Gasteiger partial charge in [-0.2, -0.15) is 0 Å². The van der Waals surface area contributed by atoms with Gasteiger partial charge in [-0.3, -0.25) is 0 Å². The molecular formula is C12H13N. The molecule has 0 saturated carbocycles. The van der Waals surface area contributed by atoms with Gasteiger partial charge >= 0.3 is 0 Å². The summed E-state index contributed by atoms with van der Waals surface area (Å²) in [5, 5.41) is 3.33. The van der Waals surface area contributed by atoms with Gasteiger partial charge in [0.25, 0.3) is 0 Å². The predicted molar refractivity (Wildman–Crippen MR) is 54.3 cm³/mol. The number of hydrogen-bond donors (Lipinski definition) is 1. The monoisotopic (exact) mass is 171 g/mol. The number of benzene rings is 1. The SMILES string of the molecule is C1=C(c2ccccc2)CC12CNC2. The van der Waals surface area contributed by atoms with Crippen molar-refractivity contribution in [1.29, 1.82) is 0 Å². The van der Waals surface area contributed by atoms with Gasteiger partial charge in [-0.25, -0.2) is 0 Å². The molecule has 1 aliphatic heterocycles. The number of rotatable bonds is 1. The first-order valence-corrected chi connectivity index (χ1v) is 4.86. The largest absolute Gasteiger partial charge is 0.315 e. The molecule has 0 aromatic heterocycles. The van der Waals surface area contributed by atoms with E-state index >= 15 is 0 Å². The van der Waals surface area contributed by atoms with Gasteiger partial charge in [0.2, 0.25) is 0 Å². The first-order chi connectivity index (χ1) is 6.38. The quantitative estimate of drug-likeness (QED) is 0.682. The topological polar surface area (TPSA) is 12.0 Å². The van der Waals surface area contributed by atoms with Crippen LogP contribution in [0.3, 0.4) is 0 Å². The van der Waals surface area contributed by atoms with Crippen LogP contribution in [0.15, 0.2) is 36.4 Å². The maximum absolute atomic E-state index is 3.33. The molecule has 1 aromatic rings. The first kappa shape index (κ1) is 7.34. The molecule has 1 fully saturated rings. The Kier molecular flexibility index (Phi) is 1.39. The Bertz CT molecular complexity index is 347. The van der Waals surface area contributed by atoms with Gasteiger partial charge in [-0.1, -0.05) is 36.4 Å². The number of hydrogen-bond acceptors (Lipinski definition) is 1. The third-order valence-corrected chi connectivity index (χ3v) is 3.12. The smallest absolute Gasteiger partial charge is 0.0178 e. The van der Waals surface area contributed by atoms with Gasteiger partial charge in [0, 0.05) is 18.5 Å². The summed E-state index contributed by atoms with van der Waals surface area (Å²) in [6, 6.07) is 10.7. The maximum Gasteiger partial charge on any atom is 0.0178 e. The summed E-state index contributed by atoms with van der Waals surface area (Å²) in [6.07, 6.45) is 3.71. The Morgan fingerprint density at radius 2 is 1.77 bits per heavy atom. The van der Waals surface area contributed by atoms with Crippen LogP contribution in [-0.4, -0.2) is 13.1 Å².